The molecule has 1 heteroatoms. The highest BCUT2D eigenvalue weighted by molar-refractivity contribution is 4.64. The van der Waals surface area contributed by atoms with E-state index in [2.05, 4.69) is 33.0 Å². The number of hydrogen-bond acceptors (Lipinski definition) is 1. The van der Waals surface area contributed by atoms with Crippen LogP contribution in [0.2, 0.25) is 0 Å². The summed E-state index contributed by atoms with van der Waals surface area (Å²) in [5.41, 5.74) is 0.429. The van der Waals surface area contributed by atoms with Gasteiger partial charge in [0.1, 0.15) is 0 Å². The molecule has 0 aliphatic carbocycles. The molecule has 0 unspecified atom stereocenters. The Kier molecular flexibility index (Phi) is 12.0. The third-order valence-corrected chi connectivity index (χ3v) is 3.36. The van der Waals surface area contributed by atoms with Crippen molar-refractivity contribution >= 4 is 0 Å². The molecule has 0 fully saturated rings. The van der Waals surface area contributed by atoms with Crippen LogP contribution in [0.25, 0.3) is 0 Å². The minimum Gasteiger partial charge on any atom is -0.316 e. The van der Waals surface area contributed by atoms with Crippen molar-refractivity contribution in [3.8, 4) is 0 Å². The fraction of sp³-hybridized carbons (Fsp3) is 1.00. The molecular weight excluding hydrogens is 218 g/mol. The highest BCUT2D eigenvalue weighted by Crippen LogP contribution is 2.11. The Labute approximate surface area is 116 Å². The number of nitrogens with one attached hydrogen (secondary N) is 1. The van der Waals surface area contributed by atoms with Gasteiger partial charge in [0, 0.05) is 0 Å². The van der Waals surface area contributed by atoms with Crippen molar-refractivity contribution in [2.24, 2.45) is 5.41 Å². The predicted octanol–water partition coefficient (Wildman–Crippen LogP) is 5.54. The fourth-order valence-corrected chi connectivity index (χ4v) is 2.20. The largest absolute Gasteiger partial charge is 0.316 e. The Morgan fingerprint density at radius 2 is 1.11 bits per heavy atom. The Morgan fingerprint density at radius 1 is 0.667 bits per heavy atom. The minimum absolute atomic E-state index is 0.429. The summed E-state index contributed by atoms with van der Waals surface area (Å²) in [6, 6.07) is 0. The van der Waals surface area contributed by atoms with Crippen LogP contribution in [0, 0.1) is 5.41 Å². The van der Waals surface area contributed by atoms with E-state index >= 15 is 0 Å². The average molecular weight is 255 g/mol. The van der Waals surface area contributed by atoms with Crippen LogP contribution < -0.4 is 5.32 Å². The molecule has 0 radical (unpaired) electrons. The van der Waals surface area contributed by atoms with Gasteiger partial charge in [-0.15, -0.1) is 0 Å². The van der Waals surface area contributed by atoms with Crippen molar-refractivity contribution in [1.29, 1.82) is 0 Å². The van der Waals surface area contributed by atoms with Gasteiger partial charge < -0.3 is 5.32 Å². The minimum atomic E-state index is 0.429. The monoisotopic (exact) mass is 255 g/mol. The molecule has 0 heterocycles. The Balaban J connectivity index is 2.99. The summed E-state index contributed by atoms with van der Waals surface area (Å²) < 4.78 is 0. The van der Waals surface area contributed by atoms with Crippen LogP contribution in [0.15, 0.2) is 0 Å². The van der Waals surface area contributed by atoms with E-state index in [9.17, 15) is 0 Å². The van der Waals surface area contributed by atoms with Gasteiger partial charge in [0.15, 0.2) is 0 Å². The molecule has 0 saturated carbocycles. The second-order valence-corrected chi connectivity index (χ2v) is 6.92. The van der Waals surface area contributed by atoms with Crippen LogP contribution in [-0.2, 0) is 0 Å². The number of hydrogen-bond donors (Lipinski definition) is 1. The van der Waals surface area contributed by atoms with Gasteiger partial charge in [-0.3, -0.25) is 0 Å². The summed E-state index contributed by atoms with van der Waals surface area (Å²) in [7, 11) is 0. The number of rotatable bonds is 12. The van der Waals surface area contributed by atoms with Gasteiger partial charge >= 0.3 is 0 Å². The average Bonchev–Trinajstić information content (AvgIpc) is 2.29. The summed E-state index contributed by atoms with van der Waals surface area (Å²) in [6.07, 6.45) is 14.3. The molecule has 0 atom stereocenters. The lowest BCUT2D eigenvalue weighted by molar-refractivity contribution is 0.377. The molecule has 0 rings (SSSR count). The topological polar surface area (TPSA) is 12.0 Å². The van der Waals surface area contributed by atoms with Crippen molar-refractivity contribution in [1.82, 2.24) is 5.32 Å². The van der Waals surface area contributed by atoms with Crippen molar-refractivity contribution < 1.29 is 0 Å². The van der Waals surface area contributed by atoms with Crippen molar-refractivity contribution in [2.75, 3.05) is 13.1 Å². The van der Waals surface area contributed by atoms with E-state index in [1.54, 1.807) is 0 Å². The van der Waals surface area contributed by atoms with E-state index in [1.807, 2.05) is 0 Å². The van der Waals surface area contributed by atoms with Gasteiger partial charge in [0.25, 0.3) is 0 Å². The van der Waals surface area contributed by atoms with Crippen LogP contribution in [-0.4, -0.2) is 13.1 Å². The van der Waals surface area contributed by atoms with Gasteiger partial charge in [-0.1, -0.05) is 85.5 Å². The van der Waals surface area contributed by atoms with Crippen molar-refractivity contribution in [3.05, 3.63) is 0 Å². The standard InChI is InChI=1S/C17H37N/c1-5-6-7-8-9-10-11-12-13-14-15-18-16-17(2,3)4/h18H,5-16H2,1-4H3. The Bertz CT molecular complexity index is 157. The van der Waals surface area contributed by atoms with Crippen LogP contribution in [0.3, 0.4) is 0 Å². The van der Waals surface area contributed by atoms with E-state index in [1.165, 1.54) is 70.8 Å². The summed E-state index contributed by atoms with van der Waals surface area (Å²) in [5.74, 6) is 0. The van der Waals surface area contributed by atoms with Gasteiger partial charge in [0.05, 0.1) is 0 Å². The van der Waals surface area contributed by atoms with Gasteiger partial charge in [0.2, 0.25) is 0 Å². The van der Waals surface area contributed by atoms with Crippen LogP contribution >= 0.6 is 0 Å². The molecule has 0 saturated heterocycles. The first-order valence-electron chi connectivity index (χ1n) is 8.27. The van der Waals surface area contributed by atoms with Gasteiger partial charge in [-0.25, -0.2) is 0 Å². The third-order valence-electron chi connectivity index (χ3n) is 3.36. The van der Waals surface area contributed by atoms with Crippen molar-refractivity contribution in [2.45, 2.75) is 91.9 Å². The first-order valence-corrected chi connectivity index (χ1v) is 8.27. The molecule has 0 bridgehead atoms. The molecule has 110 valence electrons. The fourth-order valence-electron chi connectivity index (χ4n) is 2.20. The van der Waals surface area contributed by atoms with E-state index in [-0.39, 0.29) is 0 Å². The van der Waals surface area contributed by atoms with Crippen LogP contribution in [0.5, 0.6) is 0 Å². The second-order valence-electron chi connectivity index (χ2n) is 6.92. The molecular formula is C17H37N. The smallest absolute Gasteiger partial charge is 0.0000126 e. The van der Waals surface area contributed by atoms with E-state index in [4.69, 9.17) is 0 Å². The lowest BCUT2D eigenvalue weighted by atomic mass is 9.97. The Morgan fingerprint density at radius 3 is 1.56 bits per heavy atom. The quantitative estimate of drug-likeness (QED) is 0.451. The molecule has 0 spiro atoms. The summed E-state index contributed by atoms with van der Waals surface area (Å²) >= 11 is 0. The number of unbranched alkanes of at least 4 members (excludes halogenated alkanes) is 9. The lowest BCUT2D eigenvalue weighted by Crippen LogP contribution is -2.27. The van der Waals surface area contributed by atoms with Crippen LogP contribution in [0.1, 0.15) is 91.9 Å². The summed E-state index contributed by atoms with van der Waals surface area (Å²) in [5, 5.41) is 3.55. The first-order chi connectivity index (χ1) is 8.56. The zero-order chi connectivity index (χ0) is 13.7. The van der Waals surface area contributed by atoms with E-state index < -0.39 is 0 Å². The third kappa shape index (κ3) is 16.0. The first kappa shape index (κ1) is 18.0. The van der Waals surface area contributed by atoms with Gasteiger partial charge in [-0.2, -0.15) is 0 Å². The molecule has 1 nitrogen and oxygen atoms in total. The molecule has 0 aliphatic rings. The molecule has 0 aromatic heterocycles. The molecule has 18 heavy (non-hydrogen) atoms. The van der Waals surface area contributed by atoms with Gasteiger partial charge in [-0.05, 0) is 24.9 Å². The van der Waals surface area contributed by atoms with E-state index in [0.29, 0.717) is 5.41 Å². The predicted molar refractivity (Wildman–Crippen MR) is 84.2 cm³/mol. The second kappa shape index (κ2) is 12.0. The molecule has 0 aromatic carbocycles. The Hall–Kier alpha value is -0.0400. The summed E-state index contributed by atoms with van der Waals surface area (Å²) in [6.45, 7) is 11.5. The zero-order valence-corrected chi connectivity index (χ0v) is 13.5. The molecule has 0 aromatic rings. The van der Waals surface area contributed by atoms with Crippen molar-refractivity contribution in [3.63, 3.8) is 0 Å². The summed E-state index contributed by atoms with van der Waals surface area (Å²) in [4.78, 5) is 0. The zero-order valence-electron chi connectivity index (χ0n) is 13.5. The maximum atomic E-state index is 3.55. The van der Waals surface area contributed by atoms with E-state index in [0.717, 1.165) is 6.54 Å². The molecule has 0 aliphatic heterocycles. The maximum absolute atomic E-state index is 3.55. The molecule has 0 amide bonds. The lowest BCUT2D eigenvalue weighted by Gasteiger charge is -2.18. The van der Waals surface area contributed by atoms with Crippen LogP contribution in [0.4, 0.5) is 0 Å². The highest BCUT2D eigenvalue weighted by Gasteiger charge is 2.07. The highest BCUT2D eigenvalue weighted by atomic mass is 14.9. The normalized spacial score (nSPS) is 12.0. The molecule has 1 N–H and O–H groups in total. The SMILES string of the molecule is CCCCCCCCCCCCNCC(C)(C)C. The maximum Gasteiger partial charge on any atom is -0.0000126 e.